The summed E-state index contributed by atoms with van der Waals surface area (Å²) < 4.78 is 89.0. The largest absolute Gasteiger partial charge is 0.416 e. The molecule has 0 heterocycles. The van der Waals surface area contributed by atoms with Crippen LogP contribution in [0, 0.1) is 0 Å². The zero-order chi connectivity index (χ0) is 15.7. The van der Waals surface area contributed by atoms with E-state index in [9.17, 15) is 30.7 Å². The number of hydrogen-bond donors (Lipinski definition) is 2. The fourth-order valence-electron chi connectivity index (χ4n) is 1.55. The predicted octanol–water partition coefficient (Wildman–Crippen LogP) is 3.27. The topological polar surface area (TPSA) is 46.2 Å². The van der Waals surface area contributed by atoms with Gasteiger partial charge in [-0.2, -0.15) is 13.2 Å². The van der Waals surface area contributed by atoms with Crippen molar-refractivity contribution in [3.63, 3.8) is 0 Å². The summed E-state index contributed by atoms with van der Waals surface area (Å²) >= 11 is 0. The lowest BCUT2D eigenvalue weighted by atomic mass is 9.96. The molecule has 0 unspecified atom stereocenters. The van der Waals surface area contributed by atoms with Crippen LogP contribution in [0.15, 0.2) is 18.2 Å². The summed E-state index contributed by atoms with van der Waals surface area (Å²) in [4.78, 5) is 0. The molecule has 0 fully saturated rings. The van der Waals surface area contributed by atoms with Crippen LogP contribution < -0.4 is 5.73 Å². The maximum Gasteiger partial charge on any atom is 0.416 e. The van der Waals surface area contributed by atoms with Gasteiger partial charge in [0.2, 0.25) is 0 Å². The normalized spacial score (nSPS) is 14.7. The molecule has 20 heavy (non-hydrogen) atoms. The third-order valence-corrected chi connectivity index (χ3v) is 2.64. The van der Waals surface area contributed by atoms with Gasteiger partial charge >= 0.3 is 6.18 Å². The SMILES string of the molecule is N[C@@H](c1ccc(C(F)F)c(C(F)(F)F)c1)C(F)(F)CO. The Morgan fingerprint density at radius 3 is 2.05 bits per heavy atom. The van der Waals surface area contributed by atoms with Crippen LogP contribution in [0.5, 0.6) is 0 Å². The van der Waals surface area contributed by atoms with Crippen molar-refractivity contribution < 1.29 is 35.8 Å². The van der Waals surface area contributed by atoms with E-state index in [-0.39, 0.29) is 6.07 Å². The standard InChI is InChI=1S/C11H10F7NO/c12-9(13)6-2-1-5(3-7(6)11(16,17)18)8(19)10(14,15)4-20/h1-3,8-9,20H,4,19H2/t8-/m0/s1. The summed E-state index contributed by atoms with van der Waals surface area (Å²) in [6.45, 7) is -1.67. The Balaban J connectivity index is 3.34. The van der Waals surface area contributed by atoms with Gasteiger partial charge in [0.1, 0.15) is 6.61 Å². The molecule has 0 radical (unpaired) electrons. The molecular weight excluding hydrogens is 295 g/mol. The van der Waals surface area contributed by atoms with Crippen LogP contribution in [0.1, 0.15) is 29.2 Å². The van der Waals surface area contributed by atoms with E-state index >= 15 is 0 Å². The zero-order valence-electron chi connectivity index (χ0n) is 9.76. The van der Waals surface area contributed by atoms with Crippen LogP contribution in [0.3, 0.4) is 0 Å². The number of benzene rings is 1. The van der Waals surface area contributed by atoms with Gasteiger partial charge in [0.15, 0.2) is 0 Å². The van der Waals surface area contributed by atoms with Crippen molar-refractivity contribution in [2.75, 3.05) is 6.61 Å². The van der Waals surface area contributed by atoms with Crippen LogP contribution in [0.4, 0.5) is 30.7 Å². The highest BCUT2D eigenvalue weighted by atomic mass is 19.4. The smallest absolute Gasteiger partial charge is 0.390 e. The molecule has 0 spiro atoms. The average Bonchev–Trinajstić information content (AvgIpc) is 2.35. The van der Waals surface area contributed by atoms with Gasteiger partial charge in [-0.3, -0.25) is 0 Å². The molecule has 0 aliphatic carbocycles. The minimum Gasteiger partial charge on any atom is -0.390 e. The highest BCUT2D eigenvalue weighted by Crippen LogP contribution is 2.39. The molecule has 0 amide bonds. The molecule has 0 bridgehead atoms. The maximum absolute atomic E-state index is 13.1. The molecule has 1 aromatic rings. The minimum absolute atomic E-state index is 0.149. The number of halogens is 7. The number of hydrogen-bond acceptors (Lipinski definition) is 2. The summed E-state index contributed by atoms with van der Waals surface area (Å²) in [5, 5.41) is 8.43. The van der Waals surface area contributed by atoms with Crippen LogP contribution in [-0.4, -0.2) is 17.6 Å². The number of aliphatic hydroxyl groups is 1. The molecule has 1 rings (SSSR count). The van der Waals surface area contributed by atoms with E-state index in [0.717, 1.165) is 0 Å². The maximum atomic E-state index is 13.1. The second kappa shape index (κ2) is 5.57. The summed E-state index contributed by atoms with van der Waals surface area (Å²) in [5.74, 6) is -3.87. The summed E-state index contributed by atoms with van der Waals surface area (Å²) in [6, 6.07) is -1.03. The van der Waals surface area contributed by atoms with Crippen molar-refractivity contribution in [1.29, 1.82) is 0 Å². The van der Waals surface area contributed by atoms with Crippen molar-refractivity contribution in [1.82, 2.24) is 0 Å². The summed E-state index contributed by atoms with van der Waals surface area (Å²) in [5.41, 5.74) is 1.32. The first kappa shape index (κ1) is 16.7. The quantitative estimate of drug-likeness (QED) is 0.839. The molecule has 1 atom stereocenters. The molecule has 0 saturated carbocycles. The van der Waals surface area contributed by atoms with E-state index < -0.39 is 47.9 Å². The van der Waals surface area contributed by atoms with E-state index in [1.54, 1.807) is 0 Å². The van der Waals surface area contributed by atoms with Crippen LogP contribution in [-0.2, 0) is 6.18 Å². The molecule has 114 valence electrons. The van der Waals surface area contributed by atoms with Gasteiger partial charge in [0.05, 0.1) is 11.6 Å². The molecule has 0 aromatic heterocycles. The molecule has 0 aliphatic rings. The fourth-order valence-corrected chi connectivity index (χ4v) is 1.55. The lowest BCUT2D eigenvalue weighted by Crippen LogP contribution is -2.36. The first-order chi connectivity index (χ1) is 9.00. The first-order valence-electron chi connectivity index (χ1n) is 5.24. The average molecular weight is 305 g/mol. The number of aliphatic hydroxyl groups excluding tert-OH is 1. The third kappa shape index (κ3) is 3.40. The molecule has 2 nitrogen and oxygen atoms in total. The van der Waals surface area contributed by atoms with E-state index in [1.165, 1.54) is 0 Å². The fraction of sp³-hybridized carbons (Fsp3) is 0.455. The molecule has 0 saturated heterocycles. The Hall–Kier alpha value is -1.35. The van der Waals surface area contributed by atoms with Crippen molar-refractivity contribution in [3.05, 3.63) is 34.9 Å². The lowest BCUT2D eigenvalue weighted by Gasteiger charge is -2.23. The van der Waals surface area contributed by atoms with Gasteiger partial charge in [-0.25, -0.2) is 17.6 Å². The zero-order valence-corrected chi connectivity index (χ0v) is 9.76. The number of alkyl halides is 7. The Kier molecular flexibility index (Phi) is 4.65. The van der Waals surface area contributed by atoms with Gasteiger partial charge in [-0.15, -0.1) is 0 Å². The molecule has 9 heteroatoms. The van der Waals surface area contributed by atoms with Gasteiger partial charge in [0.25, 0.3) is 12.3 Å². The molecular formula is C11H10F7NO. The molecule has 0 aliphatic heterocycles. The third-order valence-electron chi connectivity index (χ3n) is 2.64. The van der Waals surface area contributed by atoms with Gasteiger partial charge in [-0.05, 0) is 11.6 Å². The Morgan fingerprint density at radius 1 is 1.10 bits per heavy atom. The number of rotatable bonds is 4. The second-order valence-corrected chi connectivity index (χ2v) is 4.04. The molecule has 3 N–H and O–H groups in total. The Labute approximate surface area is 109 Å². The summed E-state index contributed by atoms with van der Waals surface area (Å²) in [7, 11) is 0. The highest BCUT2D eigenvalue weighted by molar-refractivity contribution is 5.37. The van der Waals surface area contributed by atoms with Crippen molar-refractivity contribution in [3.8, 4) is 0 Å². The molecule has 1 aromatic carbocycles. The van der Waals surface area contributed by atoms with Gasteiger partial charge in [0, 0.05) is 5.56 Å². The van der Waals surface area contributed by atoms with Crippen molar-refractivity contribution in [2.45, 2.75) is 24.6 Å². The van der Waals surface area contributed by atoms with Crippen LogP contribution >= 0.6 is 0 Å². The minimum atomic E-state index is -5.13. The van der Waals surface area contributed by atoms with Gasteiger partial charge < -0.3 is 10.8 Å². The second-order valence-electron chi connectivity index (χ2n) is 4.04. The Bertz CT molecular complexity index is 472. The summed E-state index contributed by atoms with van der Waals surface area (Å²) in [6.07, 6.45) is -8.54. The van der Waals surface area contributed by atoms with Crippen molar-refractivity contribution >= 4 is 0 Å². The predicted molar refractivity (Wildman–Crippen MR) is 55.4 cm³/mol. The van der Waals surface area contributed by atoms with Gasteiger partial charge in [-0.1, -0.05) is 12.1 Å². The monoisotopic (exact) mass is 305 g/mol. The van der Waals surface area contributed by atoms with E-state index in [4.69, 9.17) is 10.8 Å². The highest BCUT2D eigenvalue weighted by Gasteiger charge is 2.40. The van der Waals surface area contributed by atoms with Crippen LogP contribution in [0.25, 0.3) is 0 Å². The first-order valence-corrected chi connectivity index (χ1v) is 5.24. The number of nitrogens with two attached hydrogens (primary N) is 1. The Morgan fingerprint density at radius 2 is 1.65 bits per heavy atom. The van der Waals surface area contributed by atoms with Crippen LogP contribution in [0.2, 0.25) is 0 Å². The van der Waals surface area contributed by atoms with Crippen molar-refractivity contribution in [2.24, 2.45) is 5.73 Å². The lowest BCUT2D eigenvalue weighted by molar-refractivity contribution is -0.139. The van der Waals surface area contributed by atoms with E-state index in [0.29, 0.717) is 12.1 Å². The van der Waals surface area contributed by atoms with E-state index in [1.807, 2.05) is 0 Å². The van der Waals surface area contributed by atoms with E-state index in [2.05, 4.69) is 0 Å².